The summed E-state index contributed by atoms with van der Waals surface area (Å²) in [5, 5.41) is 11.6. The van der Waals surface area contributed by atoms with E-state index in [9.17, 15) is 19.5 Å². The largest absolute Gasteiger partial charge is 0.544 e. The molecule has 2 unspecified atom stereocenters. The van der Waals surface area contributed by atoms with Crippen LogP contribution in [0.25, 0.3) is 0 Å². The second-order valence-corrected chi connectivity index (χ2v) is 16.3. The van der Waals surface area contributed by atoms with Crippen LogP contribution >= 0.6 is 0 Å². The number of ether oxygens (including phenoxy) is 3. The molecule has 0 aromatic heterocycles. The molecule has 8 nitrogen and oxygen atoms in total. The Hall–Kier alpha value is -4.01. The fraction of sp³-hybridized carbons (Fsp3) is 0.604. The summed E-state index contributed by atoms with van der Waals surface area (Å²) in [5.74, 6) is -1.88. The van der Waals surface area contributed by atoms with Crippen molar-refractivity contribution >= 4 is 17.9 Å². The van der Waals surface area contributed by atoms with E-state index < -0.39 is 18.1 Å². The lowest BCUT2D eigenvalue weighted by molar-refractivity contribution is -0.889. The minimum atomic E-state index is -1.14. The average Bonchev–Trinajstić information content (AvgIpc) is 3.22. The van der Waals surface area contributed by atoms with Crippen molar-refractivity contribution in [2.75, 3.05) is 41.0 Å². The van der Waals surface area contributed by atoms with Crippen molar-refractivity contribution in [1.29, 1.82) is 0 Å². The number of unbranched alkanes of at least 4 members (excludes halogenated alkanes) is 10. The molecule has 344 valence electrons. The molecule has 0 aromatic rings. The van der Waals surface area contributed by atoms with Crippen LogP contribution in [0.5, 0.6) is 0 Å². The first-order valence-electron chi connectivity index (χ1n) is 23.4. The lowest BCUT2D eigenvalue weighted by Crippen LogP contribution is -2.55. The number of aliphatic carboxylic acids is 1. The van der Waals surface area contributed by atoms with Crippen LogP contribution in [-0.4, -0.2) is 75.5 Å². The highest BCUT2D eigenvalue weighted by molar-refractivity contribution is 5.70. The minimum absolute atomic E-state index is 0.00119. The molecule has 0 amide bonds. The number of esters is 2. The summed E-state index contributed by atoms with van der Waals surface area (Å²) < 4.78 is 17.1. The minimum Gasteiger partial charge on any atom is -0.544 e. The molecule has 61 heavy (non-hydrogen) atoms. The third-order valence-electron chi connectivity index (χ3n) is 9.72. The number of carboxylic acid groups (broad SMARTS) is 1. The van der Waals surface area contributed by atoms with Crippen LogP contribution in [0.1, 0.15) is 155 Å². The maximum absolute atomic E-state index is 12.7. The van der Waals surface area contributed by atoms with E-state index in [2.05, 4.69) is 111 Å². The molecule has 0 aliphatic heterocycles. The quantitative estimate of drug-likeness (QED) is 0.0199. The number of likely N-dealkylation sites (N-methyl/N-ethyl adjacent to an activating group) is 1. The van der Waals surface area contributed by atoms with Crippen molar-refractivity contribution in [2.45, 2.75) is 167 Å². The molecule has 0 saturated heterocycles. The van der Waals surface area contributed by atoms with Crippen LogP contribution in [0, 0.1) is 0 Å². The monoisotopic (exact) mass is 848 g/mol. The van der Waals surface area contributed by atoms with Crippen LogP contribution < -0.4 is 5.11 Å². The van der Waals surface area contributed by atoms with Crippen molar-refractivity contribution in [3.63, 3.8) is 0 Å². The Bertz CT molecular complexity index is 1360. The Kier molecular flexibility index (Phi) is 39.9. The SMILES string of the molecule is CC/C=C/C/C=C/C/C=C/C/C=C/C/C=C/C/C=C/CCC(=O)OCC(COCCC(C(=O)[O-])[N+](C)(C)C)OC(=O)CCCCCCC/C=C/C=C/C=C/CCCCCCC. The highest BCUT2D eigenvalue weighted by Gasteiger charge is 2.25. The number of rotatable bonds is 40. The molecule has 0 heterocycles. The first-order valence-corrected chi connectivity index (χ1v) is 23.4. The Labute approximate surface area is 372 Å². The van der Waals surface area contributed by atoms with Gasteiger partial charge in [0, 0.05) is 19.3 Å². The van der Waals surface area contributed by atoms with Gasteiger partial charge in [0.2, 0.25) is 0 Å². The smallest absolute Gasteiger partial charge is 0.306 e. The number of quaternary nitrogens is 1. The van der Waals surface area contributed by atoms with Gasteiger partial charge in [0.05, 0.1) is 40.3 Å². The van der Waals surface area contributed by atoms with Gasteiger partial charge in [-0.25, -0.2) is 0 Å². The summed E-state index contributed by atoms with van der Waals surface area (Å²) in [4.78, 5) is 36.9. The van der Waals surface area contributed by atoms with Gasteiger partial charge in [-0.3, -0.25) is 9.59 Å². The number of hydrogen-bond donors (Lipinski definition) is 0. The summed E-state index contributed by atoms with van der Waals surface area (Å²) in [6.45, 7) is 4.41. The molecule has 0 bridgehead atoms. The normalized spacial score (nSPS) is 13.9. The number of carbonyl (C=O) groups excluding carboxylic acids is 3. The van der Waals surface area contributed by atoms with Crippen LogP contribution in [-0.2, 0) is 28.6 Å². The molecule has 0 radical (unpaired) electrons. The van der Waals surface area contributed by atoms with E-state index in [1.54, 1.807) is 21.1 Å². The van der Waals surface area contributed by atoms with E-state index in [1.807, 2.05) is 12.2 Å². The van der Waals surface area contributed by atoms with E-state index in [1.165, 1.54) is 32.1 Å². The Morgan fingerprint density at radius 3 is 1.52 bits per heavy atom. The zero-order chi connectivity index (χ0) is 44.9. The second-order valence-electron chi connectivity index (χ2n) is 16.3. The molecule has 0 spiro atoms. The highest BCUT2D eigenvalue weighted by atomic mass is 16.6. The molecule has 2 atom stereocenters. The molecule has 8 heteroatoms. The van der Waals surface area contributed by atoms with E-state index in [-0.39, 0.29) is 55.5 Å². The predicted octanol–water partition coefficient (Wildman–Crippen LogP) is 11.9. The lowest BCUT2D eigenvalue weighted by atomic mass is 10.1. The second kappa shape index (κ2) is 42.7. The van der Waals surface area contributed by atoms with Gasteiger partial charge >= 0.3 is 11.9 Å². The van der Waals surface area contributed by atoms with Gasteiger partial charge in [-0.2, -0.15) is 0 Å². The third kappa shape index (κ3) is 41.1. The van der Waals surface area contributed by atoms with Gasteiger partial charge in [-0.1, -0.05) is 168 Å². The number of hydrogen-bond acceptors (Lipinski definition) is 7. The summed E-state index contributed by atoms with van der Waals surface area (Å²) in [7, 11) is 5.37. The Morgan fingerprint density at radius 2 is 1.02 bits per heavy atom. The molecular formula is C53H85NO7. The lowest BCUT2D eigenvalue weighted by Gasteiger charge is -2.34. The molecule has 0 rings (SSSR count). The topological polar surface area (TPSA) is 102 Å². The molecule has 0 aliphatic rings. The van der Waals surface area contributed by atoms with Crippen molar-refractivity contribution in [3.8, 4) is 0 Å². The third-order valence-corrected chi connectivity index (χ3v) is 9.72. The van der Waals surface area contributed by atoms with Gasteiger partial charge < -0.3 is 28.6 Å². The van der Waals surface area contributed by atoms with Crippen molar-refractivity contribution in [3.05, 3.63) is 109 Å². The number of carbonyl (C=O) groups is 3. The zero-order valence-electron chi connectivity index (χ0n) is 39.0. The average molecular weight is 848 g/mol. The number of carboxylic acids is 1. The Morgan fingerprint density at radius 1 is 0.525 bits per heavy atom. The first-order chi connectivity index (χ1) is 29.6. The summed E-state index contributed by atoms with van der Waals surface area (Å²) in [6.07, 6.45) is 58.4. The van der Waals surface area contributed by atoms with E-state index in [4.69, 9.17) is 14.2 Å². The summed E-state index contributed by atoms with van der Waals surface area (Å²) in [6, 6.07) is -0.748. The fourth-order valence-corrected chi connectivity index (χ4v) is 6.10. The van der Waals surface area contributed by atoms with Crippen LogP contribution in [0.15, 0.2) is 109 Å². The molecule has 0 saturated carbocycles. The van der Waals surface area contributed by atoms with E-state index >= 15 is 0 Å². The number of nitrogens with zero attached hydrogens (tertiary/aromatic N) is 1. The standard InChI is InChI=1S/C53H85NO7/c1-6-8-10-12-14-16-18-20-22-24-26-28-29-31-33-35-37-39-41-43-51(55)60-48-49(47-59-46-45-50(53(57)58)54(3,4)5)61-52(56)44-42-40-38-36-34-32-30-27-25-23-21-19-17-15-13-11-9-7-2/h8,10,14,16,19-23,25-28,30-31,33,37,39,49-50H,6-7,9,11-13,15,17-18,24,29,32,34-36,38,40-48H2,1-5H3/b10-8+,16-14+,21-19+,22-20+,25-23+,28-26+,30-27+,33-31+,39-37+. The van der Waals surface area contributed by atoms with Gasteiger partial charge in [0.1, 0.15) is 12.6 Å². The molecule has 0 aliphatic carbocycles. The van der Waals surface area contributed by atoms with Crippen molar-refractivity contribution in [2.24, 2.45) is 0 Å². The van der Waals surface area contributed by atoms with Crippen LogP contribution in [0.2, 0.25) is 0 Å². The Balaban J connectivity index is 4.50. The van der Waals surface area contributed by atoms with Gasteiger partial charge in [-0.15, -0.1) is 0 Å². The number of allylic oxidation sites excluding steroid dienone is 18. The van der Waals surface area contributed by atoms with Crippen molar-refractivity contribution < 1.29 is 38.2 Å². The van der Waals surface area contributed by atoms with Gasteiger partial charge in [0.25, 0.3) is 0 Å². The first kappa shape index (κ1) is 57.0. The molecular weight excluding hydrogens is 763 g/mol. The molecule has 0 N–H and O–H groups in total. The van der Waals surface area contributed by atoms with E-state index in [0.29, 0.717) is 6.42 Å². The van der Waals surface area contributed by atoms with Crippen LogP contribution in [0.4, 0.5) is 0 Å². The van der Waals surface area contributed by atoms with Crippen LogP contribution in [0.3, 0.4) is 0 Å². The maximum Gasteiger partial charge on any atom is 0.306 e. The summed E-state index contributed by atoms with van der Waals surface area (Å²) in [5.41, 5.74) is 0. The maximum atomic E-state index is 12.7. The van der Waals surface area contributed by atoms with E-state index in [0.717, 1.165) is 83.5 Å². The fourth-order valence-electron chi connectivity index (χ4n) is 6.10. The van der Waals surface area contributed by atoms with Crippen molar-refractivity contribution in [1.82, 2.24) is 0 Å². The predicted molar refractivity (Wildman–Crippen MR) is 254 cm³/mol. The molecule has 0 fully saturated rings. The van der Waals surface area contributed by atoms with Gasteiger partial charge in [-0.05, 0) is 77.0 Å². The molecule has 0 aromatic carbocycles. The summed E-state index contributed by atoms with van der Waals surface area (Å²) >= 11 is 0. The zero-order valence-corrected chi connectivity index (χ0v) is 39.0. The highest BCUT2D eigenvalue weighted by Crippen LogP contribution is 2.12. The van der Waals surface area contributed by atoms with Gasteiger partial charge in [0.15, 0.2) is 6.10 Å².